The van der Waals surface area contributed by atoms with Crippen LogP contribution in [0, 0.1) is 0 Å². The summed E-state index contributed by atoms with van der Waals surface area (Å²) >= 11 is 4.02. The van der Waals surface area contributed by atoms with E-state index >= 15 is 0 Å². The molecule has 0 unspecified atom stereocenters. The van der Waals surface area contributed by atoms with E-state index < -0.39 is 0 Å². The average Bonchev–Trinajstić information content (AvgIpc) is 2.30. The maximum atomic E-state index is 2.51. The van der Waals surface area contributed by atoms with Gasteiger partial charge in [0.05, 0.1) is 0 Å². The first-order valence-electron chi connectivity index (χ1n) is 7.31. The molecule has 0 atom stereocenters. The topological polar surface area (TPSA) is 6.48 Å². The second kappa shape index (κ2) is 11.4. The van der Waals surface area contributed by atoms with E-state index in [2.05, 4.69) is 50.2 Å². The average molecular weight is 293 g/mol. The molecule has 0 aromatic rings. The molecule has 0 bridgehead atoms. The fourth-order valence-corrected chi connectivity index (χ4v) is 3.98. The van der Waals surface area contributed by atoms with Gasteiger partial charge in [0.2, 0.25) is 0 Å². The van der Waals surface area contributed by atoms with Crippen LogP contribution in [-0.4, -0.2) is 45.3 Å². The van der Waals surface area contributed by atoms with Crippen molar-refractivity contribution < 1.29 is 0 Å². The minimum Gasteiger partial charge on any atom is -0.248 e. The van der Waals surface area contributed by atoms with Crippen LogP contribution in [-0.2, 0) is 0 Å². The van der Waals surface area contributed by atoms with Crippen LogP contribution in [0.5, 0.6) is 0 Å². The van der Waals surface area contributed by atoms with Crippen LogP contribution in [0.3, 0.4) is 0 Å². The van der Waals surface area contributed by atoms with Crippen molar-refractivity contribution in [3.05, 3.63) is 0 Å². The van der Waals surface area contributed by atoms with Crippen molar-refractivity contribution in [3.8, 4) is 0 Å². The van der Waals surface area contributed by atoms with Crippen molar-refractivity contribution in [2.24, 2.45) is 0 Å². The van der Waals surface area contributed by atoms with E-state index in [0.29, 0.717) is 12.1 Å². The molecule has 0 amide bonds. The summed E-state index contributed by atoms with van der Waals surface area (Å²) in [5.74, 6) is 2.44. The molecule has 4 heteroatoms. The van der Waals surface area contributed by atoms with Gasteiger partial charge in [-0.3, -0.25) is 0 Å². The van der Waals surface area contributed by atoms with E-state index in [1.54, 1.807) is 0 Å². The molecule has 0 radical (unpaired) electrons. The summed E-state index contributed by atoms with van der Waals surface area (Å²) in [6, 6.07) is 1.30. The Labute approximate surface area is 124 Å². The molecule has 0 heterocycles. The van der Waals surface area contributed by atoms with Crippen LogP contribution in [0.15, 0.2) is 0 Å². The Morgan fingerprint density at radius 3 is 1.28 bits per heavy atom. The predicted molar refractivity (Wildman–Crippen MR) is 89.2 cm³/mol. The molecule has 0 rings (SSSR count). The predicted octanol–water partition coefficient (Wildman–Crippen LogP) is 4.52. The van der Waals surface area contributed by atoms with Crippen LogP contribution in [0.4, 0.5) is 0 Å². The minimum absolute atomic E-state index is 0.650. The Hall–Kier alpha value is 0.620. The molecule has 0 aliphatic carbocycles. The van der Waals surface area contributed by atoms with Gasteiger partial charge < -0.3 is 0 Å². The summed E-state index contributed by atoms with van der Waals surface area (Å²) in [5, 5.41) is 0. The Kier molecular flexibility index (Phi) is 11.8. The smallest absolute Gasteiger partial charge is 0.0185 e. The lowest BCUT2D eigenvalue weighted by Crippen LogP contribution is -2.27. The number of nitrogens with zero attached hydrogens (tertiary/aromatic N) is 2. The molecule has 110 valence electrons. The molecule has 0 aliphatic rings. The van der Waals surface area contributed by atoms with Gasteiger partial charge in [0, 0.05) is 36.7 Å². The maximum Gasteiger partial charge on any atom is 0.0185 e. The maximum absolute atomic E-state index is 2.51. The van der Waals surface area contributed by atoms with Gasteiger partial charge in [0.1, 0.15) is 0 Å². The third-order valence-corrected chi connectivity index (χ3v) is 5.54. The van der Waals surface area contributed by atoms with Crippen LogP contribution in [0.25, 0.3) is 0 Å². The van der Waals surface area contributed by atoms with Crippen LogP contribution < -0.4 is 0 Å². The SMILES string of the molecule is CCCN(SCCSN(CCC)C(C)C)C(C)C. The van der Waals surface area contributed by atoms with Crippen LogP contribution in [0.1, 0.15) is 54.4 Å². The molecule has 0 aromatic heterocycles. The standard InChI is InChI=1S/C14H32N2S2/c1-7-9-15(13(3)4)17-11-12-18-16(10-8-2)14(5)6/h13-14H,7-12H2,1-6H3. The Balaban J connectivity index is 3.80. The van der Waals surface area contributed by atoms with Gasteiger partial charge in [0.15, 0.2) is 0 Å². The summed E-state index contributed by atoms with van der Waals surface area (Å²) in [6.45, 7) is 16.1. The fourth-order valence-electron chi connectivity index (χ4n) is 1.69. The van der Waals surface area contributed by atoms with Gasteiger partial charge in [-0.25, -0.2) is 8.61 Å². The zero-order valence-electron chi connectivity index (χ0n) is 13.1. The van der Waals surface area contributed by atoms with Crippen molar-refractivity contribution in [2.45, 2.75) is 66.5 Å². The summed E-state index contributed by atoms with van der Waals surface area (Å²) in [5.41, 5.74) is 0. The molecule has 18 heavy (non-hydrogen) atoms. The van der Waals surface area contributed by atoms with Gasteiger partial charge >= 0.3 is 0 Å². The highest BCUT2D eigenvalue weighted by Gasteiger charge is 2.11. The van der Waals surface area contributed by atoms with Crippen LogP contribution in [0.2, 0.25) is 0 Å². The fraction of sp³-hybridized carbons (Fsp3) is 1.00. The summed E-state index contributed by atoms with van der Waals surface area (Å²) < 4.78 is 5.03. The Bertz CT molecular complexity index is 167. The monoisotopic (exact) mass is 292 g/mol. The molecule has 0 aromatic carbocycles. The first kappa shape index (κ1) is 18.6. The van der Waals surface area contributed by atoms with E-state index in [1.807, 2.05) is 23.9 Å². The second-order valence-corrected chi connectivity index (χ2v) is 7.41. The largest absolute Gasteiger partial charge is 0.248 e. The van der Waals surface area contributed by atoms with E-state index in [-0.39, 0.29) is 0 Å². The van der Waals surface area contributed by atoms with Gasteiger partial charge in [0.25, 0.3) is 0 Å². The highest BCUT2D eigenvalue weighted by atomic mass is 32.2. The first-order valence-corrected chi connectivity index (χ1v) is 9.20. The van der Waals surface area contributed by atoms with E-state index in [1.165, 1.54) is 37.4 Å². The van der Waals surface area contributed by atoms with Gasteiger partial charge in [-0.2, -0.15) is 0 Å². The first-order chi connectivity index (χ1) is 8.52. The second-order valence-electron chi connectivity index (χ2n) is 5.14. The molecular weight excluding hydrogens is 260 g/mol. The van der Waals surface area contributed by atoms with E-state index in [0.717, 1.165) is 0 Å². The zero-order chi connectivity index (χ0) is 14.0. The zero-order valence-corrected chi connectivity index (χ0v) is 14.7. The molecule has 0 fully saturated rings. The molecule has 0 spiro atoms. The molecular formula is C14H32N2S2. The van der Waals surface area contributed by atoms with Crippen molar-refractivity contribution in [1.29, 1.82) is 0 Å². The molecule has 2 nitrogen and oxygen atoms in total. The Morgan fingerprint density at radius 2 is 1.06 bits per heavy atom. The minimum atomic E-state index is 0.650. The Morgan fingerprint density at radius 1 is 0.722 bits per heavy atom. The summed E-state index contributed by atoms with van der Waals surface area (Å²) in [7, 11) is 0. The molecule has 0 saturated carbocycles. The number of hydrogen-bond acceptors (Lipinski definition) is 4. The highest BCUT2D eigenvalue weighted by Crippen LogP contribution is 2.20. The van der Waals surface area contributed by atoms with Gasteiger partial charge in [-0.1, -0.05) is 37.7 Å². The van der Waals surface area contributed by atoms with Gasteiger partial charge in [-0.05, 0) is 40.5 Å². The van der Waals surface area contributed by atoms with Crippen molar-refractivity contribution in [3.63, 3.8) is 0 Å². The summed E-state index contributed by atoms with van der Waals surface area (Å²) in [4.78, 5) is 0. The highest BCUT2D eigenvalue weighted by molar-refractivity contribution is 8.00. The molecule has 0 saturated heterocycles. The van der Waals surface area contributed by atoms with E-state index in [9.17, 15) is 0 Å². The third kappa shape index (κ3) is 8.68. The van der Waals surface area contributed by atoms with Gasteiger partial charge in [-0.15, -0.1) is 0 Å². The lowest BCUT2D eigenvalue weighted by atomic mass is 10.4. The van der Waals surface area contributed by atoms with Crippen molar-refractivity contribution >= 4 is 23.9 Å². The van der Waals surface area contributed by atoms with Crippen molar-refractivity contribution in [1.82, 2.24) is 8.61 Å². The van der Waals surface area contributed by atoms with Crippen molar-refractivity contribution in [2.75, 3.05) is 24.6 Å². The molecule has 0 aliphatic heterocycles. The van der Waals surface area contributed by atoms with Crippen LogP contribution >= 0.6 is 23.9 Å². The molecule has 0 N–H and O–H groups in total. The number of hydrogen-bond donors (Lipinski definition) is 0. The quantitative estimate of drug-likeness (QED) is 0.408. The summed E-state index contributed by atoms with van der Waals surface area (Å²) in [6.07, 6.45) is 2.48. The lowest BCUT2D eigenvalue weighted by Gasteiger charge is -2.27. The third-order valence-electron chi connectivity index (χ3n) is 2.64. The normalized spacial score (nSPS) is 12.3. The number of rotatable bonds is 11. The van der Waals surface area contributed by atoms with E-state index in [4.69, 9.17) is 0 Å². The lowest BCUT2D eigenvalue weighted by molar-refractivity contribution is 0.394.